The van der Waals surface area contributed by atoms with Gasteiger partial charge in [-0.2, -0.15) is 5.26 Å². The summed E-state index contributed by atoms with van der Waals surface area (Å²) in [7, 11) is 0. The summed E-state index contributed by atoms with van der Waals surface area (Å²) in [5, 5.41) is 9.62. The van der Waals surface area contributed by atoms with Crippen molar-refractivity contribution in [3.05, 3.63) is 82.7 Å². The lowest BCUT2D eigenvalue weighted by Gasteiger charge is -2.11. The monoisotopic (exact) mass is 382 g/mol. The van der Waals surface area contributed by atoms with Crippen molar-refractivity contribution in [3.8, 4) is 28.5 Å². The smallest absolute Gasteiger partial charge is 0.191 e. The lowest BCUT2D eigenvalue weighted by molar-refractivity contribution is 0.602. The number of hydrogen-bond donors (Lipinski definition) is 1. The third-order valence-electron chi connectivity index (χ3n) is 4.75. The van der Waals surface area contributed by atoms with Crippen molar-refractivity contribution in [1.29, 1.82) is 5.26 Å². The summed E-state index contributed by atoms with van der Waals surface area (Å²) in [5.41, 5.74) is 3.92. The molecule has 3 aromatic heterocycles. The van der Waals surface area contributed by atoms with Gasteiger partial charge in [0.15, 0.2) is 17.4 Å². The predicted octanol–water partition coefficient (Wildman–Crippen LogP) is 4.41. The van der Waals surface area contributed by atoms with Crippen molar-refractivity contribution in [2.24, 2.45) is 0 Å². The molecule has 5 aromatic rings. The number of aromatic nitrogens is 3. The Hall–Kier alpha value is -4.31. The molecule has 1 N–H and O–H groups in total. The minimum Gasteiger partial charge on any atom is -0.443 e. The molecule has 0 bridgehead atoms. The van der Waals surface area contributed by atoms with E-state index in [-0.39, 0.29) is 11.0 Å². The Morgan fingerprint density at radius 1 is 1.07 bits per heavy atom. The Labute approximate surface area is 162 Å². The van der Waals surface area contributed by atoms with Crippen molar-refractivity contribution in [3.63, 3.8) is 0 Å². The van der Waals surface area contributed by atoms with E-state index in [0.29, 0.717) is 39.0 Å². The van der Waals surface area contributed by atoms with Gasteiger partial charge in [0.2, 0.25) is 0 Å². The molecule has 138 valence electrons. The normalized spacial score (nSPS) is 11.0. The Morgan fingerprint density at radius 3 is 2.79 bits per heavy atom. The molecule has 29 heavy (non-hydrogen) atoms. The number of nitriles is 1. The summed E-state index contributed by atoms with van der Waals surface area (Å²) < 4.78 is 19.2. The van der Waals surface area contributed by atoms with Gasteiger partial charge in [0.05, 0.1) is 16.6 Å². The van der Waals surface area contributed by atoms with Crippen molar-refractivity contribution in [1.82, 2.24) is 15.0 Å². The van der Waals surface area contributed by atoms with E-state index in [4.69, 9.17) is 4.42 Å². The van der Waals surface area contributed by atoms with E-state index < -0.39 is 5.82 Å². The molecular weight excluding hydrogens is 371 g/mol. The van der Waals surface area contributed by atoms with Crippen molar-refractivity contribution in [2.45, 2.75) is 0 Å². The van der Waals surface area contributed by atoms with Gasteiger partial charge in [0.25, 0.3) is 0 Å². The fraction of sp³-hybridized carbons (Fsp3) is 0. The maximum Gasteiger partial charge on any atom is 0.191 e. The molecule has 6 nitrogen and oxygen atoms in total. The largest absolute Gasteiger partial charge is 0.443 e. The zero-order chi connectivity index (χ0) is 20.0. The van der Waals surface area contributed by atoms with Gasteiger partial charge in [-0.15, -0.1) is 0 Å². The molecule has 0 aliphatic carbocycles. The molecule has 3 heterocycles. The number of rotatable bonds is 2. The van der Waals surface area contributed by atoms with Crippen molar-refractivity contribution in [2.75, 3.05) is 0 Å². The molecule has 0 fully saturated rings. The second-order valence-corrected chi connectivity index (χ2v) is 6.46. The second-order valence-electron chi connectivity index (χ2n) is 6.46. The number of pyridine rings is 2. The van der Waals surface area contributed by atoms with Crippen LogP contribution in [0.2, 0.25) is 0 Å². The highest BCUT2D eigenvalue weighted by Gasteiger charge is 2.16. The molecule has 7 heteroatoms. The Bertz CT molecular complexity index is 1510. The summed E-state index contributed by atoms with van der Waals surface area (Å²) in [6.07, 6.45) is 2.88. The number of H-pyrrole nitrogens is 1. The number of halogens is 1. The molecule has 0 saturated carbocycles. The second kappa shape index (κ2) is 6.39. The van der Waals surface area contributed by atoms with Crippen LogP contribution in [-0.4, -0.2) is 15.0 Å². The van der Waals surface area contributed by atoms with E-state index in [1.807, 2.05) is 18.2 Å². The molecule has 0 atom stereocenters. The van der Waals surface area contributed by atoms with Crippen LogP contribution in [0.3, 0.4) is 0 Å². The molecule has 0 amide bonds. The standard InChI is InChI=1S/C22H11FN4O2/c23-17-3-1-13(7-14(17)10-24)21-15(9-16-19(28)5-6-25-22(16)27-21)12-2-4-18-20(8-12)29-11-26-18/h1-9,11H,(H,25,27,28). The van der Waals surface area contributed by atoms with Crippen LogP contribution < -0.4 is 5.43 Å². The first kappa shape index (κ1) is 16.8. The summed E-state index contributed by atoms with van der Waals surface area (Å²) in [5.74, 6) is -0.602. The number of benzene rings is 2. The summed E-state index contributed by atoms with van der Waals surface area (Å²) in [4.78, 5) is 24.0. The number of hydrogen-bond acceptors (Lipinski definition) is 5. The third-order valence-corrected chi connectivity index (χ3v) is 4.75. The zero-order valence-corrected chi connectivity index (χ0v) is 14.8. The minimum atomic E-state index is -0.602. The summed E-state index contributed by atoms with van der Waals surface area (Å²) >= 11 is 0. The van der Waals surface area contributed by atoms with Gasteiger partial charge >= 0.3 is 0 Å². The van der Waals surface area contributed by atoms with E-state index in [1.54, 1.807) is 18.2 Å². The van der Waals surface area contributed by atoms with Gasteiger partial charge in [-0.1, -0.05) is 6.07 Å². The van der Waals surface area contributed by atoms with Crippen molar-refractivity contribution >= 4 is 22.1 Å². The highest BCUT2D eigenvalue weighted by Crippen LogP contribution is 2.34. The van der Waals surface area contributed by atoms with E-state index in [2.05, 4.69) is 15.0 Å². The van der Waals surface area contributed by atoms with Crippen LogP contribution in [0.15, 0.2) is 70.3 Å². The van der Waals surface area contributed by atoms with Gasteiger partial charge < -0.3 is 9.40 Å². The quantitative estimate of drug-likeness (QED) is 0.488. The lowest BCUT2D eigenvalue weighted by atomic mass is 9.97. The Kier molecular flexibility index (Phi) is 3.71. The third kappa shape index (κ3) is 2.75. The molecule has 2 aromatic carbocycles. The van der Waals surface area contributed by atoms with Crippen molar-refractivity contribution < 1.29 is 8.81 Å². The molecule has 0 aliphatic rings. The van der Waals surface area contributed by atoms with Gasteiger partial charge in [0.1, 0.15) is 23.1 Å². The van der Waals surface area contributed by atoms with E-state index in [1.165, 1.54) is 30.8 Å². The van der Waals surface area contributed by atoms with Crippen LogP contribution in [0.5, 0.6) is 0 Å². The Morgan fingerprint density at radius 2 is 1.93 bits per heavy atom. The highest BCUT2D eigenvalue weighted by molar-refractivity contribution is 5.92. The molecule has 5 rings (SSSR count). The number of oxazole rings is 1. The topological polar surface area (TPSA) is 95.6 Å². The maximum atomic E-state index is 13.8. The number of nitrogens with zero attached hydrogens (tertiary/aromatic N) is 3. The molecule has 0 spiro atoms. The first-order chi connectivity index (χ1) is 14.1. The first-order valence-electron chi connectivity index (χ1n) is 8.70. The van der Waals surface area contributed by atoms with Crippen LogP contribution in [0, 0.1) is 17.1 Å². The van der Waals surface area contributed by atoms with E-state index >= 15 is 0 Å². The van der Waals surface area contributed by atoms with E-state index in [0.717, 1.165) is 5.56 Å². The molecule has 0 aliphatic heterocycles. The van der Waals surface area contributed by atoms with Crippen LogP contribution in [0.4, 0.5) is 4.39 Å². The number of fused-ring (bicyclic) bond motifs is 2. The summed E-state index contributed by atoms with van der Waals surface area (Å²) in [6.45, 7) is 0. The fourth-order valence-electron chi connectivity index (χ4n) is 3.32. The predicted molar refractivity (Wildman–Crippen MR) is 105 cm³/mol. The molecule has 0 saturated heterocycles. The summed E-state index contributed by atoms with van der Waals surface area (Å²) in [6, 6.07) is 14.7. The van der Waals surface area contributed by atoms with Crippen LogP contribution in [0.25, 0.3) is 44.5 Å². The van der Waals surface area contributed by atoms with Crippen LogP contribution >= 0.6 is 0 Å². The van der Waals surface area contributed by atoms with Crippen LogP contribution in [-0.2, 0) is 0 Å². The van der Waals surface area contributed by atoms with Gasteiger partial charge in [-0.3, -0.25) is 4.79 Å². The lowest BCUT2D eigenvalue weighted by Crippen LogP contribution is -2.03. The molecule has 0 unspecified atom stereocenters. The SMILES string of the molecule is N#Cc1cc(-c2nc3[nH]ccc(=O)c3cc2-c2ccc3ncoc3c2)ccc1F. The van der Waals surface area contributed by atoms with Gasteiger partial charge in [-0.25, -0.2) is 14.4 Å². The maximum absolute atomic E-state index is 13.8. The van der Waals surface area contributed by atoms with Crippen LogP contribution in [0.1, 0.15) is 5.56 Å². The molecule has 0 radical (unpaired) electrons. The average molecular weight is 382 g/mol. The Balaban J connectivity index is 1.85. The van der Waals surface area contributed by atoms with Gasteiger partial charge in [-0.05, 0) is 42.0 Å². The fourth-order valence-corrected chi connectivity index (χ4v) is 3.32. The highest BCUT2D eigenvalue weighted by atomic mass is 19.1. The number of nitrogens with one attached hydrogen (secondary N) is 1. The number of aromatic amines is 1. The minimum absolute atomic E-state index is 0.0809. The molecular formula is C22H11FN4O2. The van der Waals surface area contributed by atoms with E-state index in [9.17, 15) is 14.4 Å². The first-order valence-corrected chi connectivity index (χ1v) is 8.70. The van der Waals surface area contributed by atoms with Gasteiger partial charge in [0, 0.05) is 23.4 Å². The zero-order valence-electron chi connectivity index (χ0n) is 14.8. The average Bonchev–Trinajstić information content (AvgIpc) is 3.21.